The Morgan fingerprint density at radius 1 is 0.700 bits per heavy atom. The average molecular weight is 325 g/mol. The molecular formula is C18H25BGe. The van der Waals surface area contributed by atoms with Crippen molar-refractivity contribution in [3.8, 4) is 0 Å². The molecule has 2 aromatic carbocycles. The molecule has 20 heavy (non-hydrogen) atoms. The molecule has 0 aliphatic carbocycles. The number of hydrogen-bond donors (Lipinski definition) is 0. The van der Waals surface area contributed by atoms with Crippen LogP contribution < -0.4 is 0 Å². The van der Waals surface area contributed by atoms with Crippen LogP contribution in [0, 0.1) is 0 Å². The van der Waals surface area contributed by atoms with Gasteiger partial charge in [-0.1, -0.05) is 25.5 Å². The number of rotatable bonds is 4. The van der Waals surface area contributed by atoms with E-state index in [0.29, 0.717) is 0 Å². The summed E-state index contributed by atoms with van der Waals surface area (Å²) in [5, 5.41) is 2.73. The van der Waals surface area contributed by atoms with Crippen LogP contribution in [0.15, 0.2) is 60.7 Å². The number of hydrogen-bond acceptors (Lipinski definition) is 0. The summed E-state index contributed by atoms with van der Waals surface area (Å²) in [5.74, 6) is 0. The van der Waals surface area contributed by atoms with Crippen molar-refractivity contribution < 1.29 is 0 Å². The van der Waals surface area contributed by atoms with Crippen LogP contribution in [-0.4, -0.2) is 22.7 Å². The first kappa shape index (κ1) is 15.4. The Balaban J connectivity index is 0.000000247. The predicted molar refractivity (Wildman–Crippen MR) is 94.8 cm³/mol. The number of benzene rings is 2. The Morgan fingerprint density at radius 2 is 1.15 bits per heavy atom. The molecule has 0 spiro atoms. The van der Waals surface area contributed by atoms with E-state index in [1.54, 1.807) is 0 Å². The minimum absolute atomic E-state index is 0.411. The zero-order valence-corrected chi connectivity index (χ0v) is 15.4. The summed E-state index contributed by atoms with van der Waals surface area (Å²) in [5.41, 5.74) is 3.04. The third-order valence-electron chi connectivity index (χ3n) is 3.87. The molecule has 0 saturated carbocycles. The fraction of sp³-hybridized carbons (Fsp3) is 0.333. The predicted octanol–water partition coefficient (Wildman–Crippen LogP) is 3.61. The Kier molecular flexibility index (Phi) is 7.62. The van der Waals surface area contributed by atoms with Crippen LogP contribution >= 0.6 is 0 Å². The van der Waals surface area contributed by atoms with Crippen LogP contribution in [0.1, 0.15) is 24.0 Å². The van der Waals surface area contributed by atoms with Crippen molar-refractivity contribution in [3.05, 3.63) is 71.8 Å². The Labute approximate surface area is 130 Å². The van der Waals surface area contributed by atoms with E-state index >= 15 is 0 Å². The summed E-state index contributed by atoms with van der Waals surface area (Å²) >= 11 is -0.411. The average Bonchev–Trinajstić information content (AvgIpc) is 3.09. The zero-order chi connectivity index (χ0) is 13.9. The van der Waals surface area contributed by atoms with E-state index in [-0.39, 0.29) is 0 Å². The molecule has 2 heteroatoms. The first-order chi connectivity index (χ1) is 9.95. The van der Waals surface area contributed by atoms with Gasteiger partial charge in [0.25, 0.3) is 0 Å². The standard InChI is InChI=1S/C14H16Ge.C4H9B/c1-3-7-13(8-4-1)11-15-12-14-9-5-2-6-10-14;1-2-4-5-3-1/h1-10H,11-12,15H2;5H,1-4H2. The molecule has 0 nitrogen and oxygen atoms in total. The summed E-state index contributed by atoms with van der Waals surface area (Å²) in [4.78, 5) is 0. The molecule has 1 fully saturated rings. The summed E-state index contributed by atoms with van der Waals surface area (Å²) in [6.07, 6.45) is 6.00. The maximum atomic E-state index is 2.25. The minimum atomic E-state index is -0.411. The van der Waals surface area contributed by atoms with Gasteiger partial charge in [-0.15, -0.1) is 0 Å². The van der Waals surface area contributed by atoms with Crippen molar-refractivity contribution in [1.29, 1.82) is 0 Å². The molecule has 0 aromatic heterocycles. The van der Waals surface area contributed by atoms with Gasteiger partial charge in [-0.2, -0.15) is 0 Å². The first-order valence-corrected chi connectivity index (χ1v) is 12.2. The maximum absolute atomic E-state index is 2.25. The van der Waals surface area contributed by atoms with Gasteiger partial charge < -0.3 is 0 Å². The van der Waals surface area contributed by atoms with Crippen molar-refractivity contribution in [2.45, 2.75) is 36.0 Å². The molecule has 0 unspecified atom stereocenters. The second kappa shape index (κ2) is 9.87. The summed E-state index contributed by atoms with van der Waals surface area (Å²) in [7, 11) is 1.50. The molecule has 0 radical (unpaired) electrons. The topological polar surface area (TPSA) is 0 Å². The van der Waals surface area contributed by atoms with Gasteiger partial charge in [-0.3, -0.25) is 0 Å². The molecule has 0 amide bonds. The van der Waals surface area contributed by atoms with Crippen molar-refractivity contribution in [2.24, 2.45) is 0 Å². The van der Waals surface area contributed by atoms with E-state index in [4.69, 9.17) is 0 Å². The van der Waals surface area contributed by atoms with Crippen molar-refractivity contribution >= 4 is 22.7 Å². The van der Waals surface area contributed by atoms with Crippen LogP contribution in [-0.2, 0) is 10.5 Å². The van der Waals surface area contributed by atoms with Crippen molar-refractivity contribution in [1.82, 2.24) is 0 Å². The molecule has 1 saturated heterocycles. The van der Waals surface area contributed by atoms with Gasteiger partial charge in [0.05, 0.1) is 0 Å². The zero-order valence-electron chi connectivity index (χ0n) is 12.4. The van der Waals surface area contributed by atoms with Crippen LogP contribution in [0.5, 0.6) is 0 Å². The van der Waals surface area contributed by atoms with Gasteiger partial charge in [-0.05, 0) is 0 Å². The van der Waals surface area contributed by atoms with Gasteiger partial charge in [0.2, 0.25) is 0 Å². The molecule has 1 aliphatic rings. The quantitative estimate of drug-likeness (QED) is 0.754. The molecule has 0 N–H and O–H groups in total. The van der Waals surface area contributed by atoms with Crippen LogP contribution in [0.25, 0.3) is 0 Å². The van der Waals surface area contributed by atoms with Crippen LogP contribution in [0.2, 0.25) is 12.6 Å². The van der Waals surface area contributed by atoms with Crippen molar-refractivity contribution in [3.63, 3.8) is 0 Å². The first-order valence-electron chi connectivity index (χ1n) is 8.03. The SMILES string of the molecule is B1CCCC1.c1ccc([CH2][GeH2][CH2]c2ccccc2)cc1. The third-order valence-corrected chi connectivity index (χ3v) is 7.77. The van der Waals surface area contributed by atoms with E-state index in [1.165, 1.54) is 54.4 Å². The molecule has 2 aromatic rings. The van der Waals surface area contributed by atoms with E-state index in [0.717, 1.165) is 0 Å². The van der Waals surface area contributed by atoms with Gasteiger partial charge >= 0.3 is 97.7 Å². The molecule has 104 valence electrons. The van der Waals surface area contributed by atoms with Crippen LogP contribution in [0.3, 0.4) is 0 Å². The molecule has 1 heterocycles. The van der Waals surface area contributed by atoms with E-state index in [1.807, 2.05) is 0 Å². The summed E-state index contributed by atoms with van der Waals surface area (Å²) < 4.78 is 0. The van der Waals surface area contributed by atoms with Crippen LogP contribution in [0.4, 0.5) is 0 Å². The van der Waals surface area contributed by atoms with Gasteiger partial charge in [0.1, 0.15) is 7.28 Å². The van der Waals surface area contributed by atoms with Gasteiger partial charge in [0, 0.05) is 0 Å². The van der Waals surface area contributed by atoms with E-state index in [2.05, 4.69) is 60.7 Å². The molecule has 0 bridgehead atoms. The van der Waals surface area contributed by atoms with Gasteiger partial charge in [0.15, 0.2) is 0 Å². The molecule has 3 rings (SSSR count). The fourth-order valence-electron chi connectivity index (χ4n) is 2.67. The van der Waals surface area contributed by atoms with E-state index < -0.39 is 15.4 Å². The second-order valence-electron chi connectivity index (χ2n) is 5.59. The summed E-state index contributed by atoms with van der Waals surface area (Å²) in [6.45, 7) is 0. The fourth-order valence-corrected chi connectivity index (χ4v) is 6.15. The Morgan fingerprint density at radius 3 is 1.50 bits per heavy atom. The Hall–Kier alpha value is -0.952. The van der Waals surface area contributed by atoms with Gasteiger partial charge in [-0.25, -0.2) is 0 Å². The normalized spacial score (nSPS) is 13.2. The van der Waals surface area contributed by atoms with Crippen molar-refractivity contribution in [2.75, 3.05) is 0 Å². The summed E-state index contributed by atoms with van der Waals surface area (Å²) in [6, 6.07) is 21.7. The molecule has 0 atom stereocenters. The Bertz CT molecular complexity index is 404. The molecular weight excluding hydrogens is 300 g/mol. The molecule has 1 aliphatic heterocycles. The third kappa shape index (κ3) is 6.47. The monoisotopic (exact) mass is 326 g/mol. The second-order valence-corrected chi connectivity index (χ2v) is 9.17. The van der Waals surface area contributed by atoms with E-state index in [9.17, 15) is 0 Å².